The zero-order valence-corrected chi connectivity index (χ0v) is 13.7. The first kappa shape index (κ1) is 15.1. The highest BCUT2D eigenvalue weighted by atomic mass is 32.1. The first-order chi connectivity index (χ1) is 10.7. The Kier molecular flexibility index (Phi) is 4.47. The first-order valence-corrected chi connectivity index (χ1v) is 8.57. The van der Waals surface area contributed by atoms with E-state index >= 15 is 0 Å². The molecule has 1 aliphatic rings. The Balaban J connectivity index is 1.49. The lowest BCUT2D eigenvalue weighted by Gasteiger charge is -2.39. The lowest BCUT2D eigenvalue weighted by Crippen LogP contribution is -2.59. The number of likely N-dealkylation sites (tertiary alicyclic amines) is 1. The highest BCUT2D eigenvalue weighted by molar-refractivity contribution is 7.16. The number of nitrogens with zero attached hydrogens (tertiary/aromatic N) is 2. The number of ether oxygens (including phenoxy) is 1. The molecule has 1 aromatic heterocycles. The lowest BCUT2D eigenvalue weighted by molar-refractivity contribution is 0.0451. The second-order valence-electron chi connectivity index (χ2n) is 5.80. The summed E-state index contributed by atoms with van der Waals surface area (Å²) in [6.07, 6.45) is 1.13. The van der Waals surface area contributed by atoms with E-state index in [9.17, 15) is 4.79 Å². The number of carbonyl (C=O) groups excluding carboxylic acids is 1. The van der Waals surface area contributed by atoms with Gasteiger partial charge in [0, 0.05) is 6.54 Å². The number of benzene rings is 1. The van der Waals surface area contributed by atoms with Gasteiger partial charge in [-0.05, 0) is 18.1 Å². The summed E-state index contributed by atoms with van der Waals surface area (Å²) in [6.45, 7) is 6.26. The van der Waals surface area contributed by atoms with E-state index in [-0.39, 0.29) is 12.1 Å². The molecule has 0 saturated carbocycles. The Morgan fingerprint density at radius 1 is 1.55 bits per heavy atom. The Hall–Kier alpha value is -1.82. The van der Waals surface area contributed by atoms with Crippen LogP contribution in [0, 0.1) is 5.92 Å². The van der Waals surface area contributed by atoms with E-state index in [0.29, 0.717) is 19.0 Å². The zero-order chi connectivity index (χ0) is 15.5. The molecule has 118 valence electrons. The van der Waals surface area contributed by atoms with Crippen LogP contribution in [-0.2, 0) is 0 Å². The molecule has 1 unspecified atom stereocenters. The van der Waals surface area contributed by atoms with Crippen molar-refractivity contribution in [3.05, 3.63) is 23.7 Å². The van der Waals surface area contributed by atoms with Crippen LogP contribution in [0.4, 0.5) is 4.79 Å². The molecule has 2 amide bonds. The molecule has 1 aliphatic heterocycles. The van der Waals surface area contributed by atoms with Crippen LogP contribution in [0.2, 0.25) is 0 Å². The number of rotatable bonds is 5. The largest absolute Gasteiger partial charge is 0.484 e. The molecule has 3 rings (SSSR count). The number of hydrogen-bond acceptors (Lipinski definition) is 4. The molecule has 0 radical (unpaired) electrons. The Morgan fingerprint density at radius 2 is 2.36 bits per heavy atom. The second kappa shape index (κ2) is 6.52. The molecule has 1 N–H and O–H groups in total. The van der Waals surface area contributed by atoms with E-state index in [2.05, 4.69) is 24.1 Å². The average molecular weight is 319 g/mol. The number of para-hydroxylation sites is 1. The fourth-order valence-corrected chi connectivity index (χ4v) is 3.02. The maximum Gasteiger partial charge on any atom is 0.317 e. The van der Waals surface area contributed by atoms with Crippen LogP contribution < -0.4 is 10.1 Å². The third-order valence-corrected chi connectivity index (χ3v) is 4.85. The van der Waals surface area contributed by atoms with Crippen molar-refractivity contribution in [2.24, 2.45) is 5.92 Å². The van der Waals surface area contributed by atoms with Crippen LogP contribution in [0.25, 0.3) is 10.2 Å². The normalized spacial score (nSPS) is 16.4. The van der Waals surface area contributed by atoms with Crippen molar-refractivity contribution in [1.29, 1.82) is 0 Å². The van der Waals surface area contributed by atoms with Gasteiger partial charge >= 0.3 is 6.03 Å². The topological polar surface area (TPSA) is 54.5 Å². The number of carbonyl (C=O) groups is 1. The predicted octanol–water partition coefficient (Wildman–Crippen LogP) is 3.12. The number of thiazole rings is 1. The SMILES string of the molecule is CCC(C)CNC(=O)N1CC(Oc2cccc3scnc23)C1. The molecule has 2 aromatic rings. The molecule has 1 atom stereocenters. The minimum Gasteiger partial charge on any atom is -0.484 e. The Morgan fingerprint density at radius 3 is 3.14 bits per heavy atom. The minimum atomic E-state index is 0.00650. The number of amides is 2. The summed E-state index contributed by atoms with van der Waals surface area (Å²) in [7, 11) is 0. The first-order valence-electron chi connectivity index (χ1n) is 7.69. The lowest BCUT2D eigenvalue weighted by atomic mass is 10.1. The van der Waals surface area contributed by atoms with Crippen LogP contribution in [-0.4, -0.2) is 41.7 Å². The molecule has 2 heterocycles. The molecule has 1 aromatic carbocycles. The maximum absolute atomic E-state index is 12.0. The van der Waals surface area contributed by atoms with Crippen molar-refractivity contribution in [1.82, 2.24) is 15.2 Å². The fraction of sp³-hybridized carbons (Fsp3) is 0.500. The molecule has 1 fully saturated rings. The summed E-state index contributed by atoms with van der Waals surface area (Å²) in [4.78, 5) is 18.1. The van der Waals surface area contributed by atoms with E-state index < -0.39 is 0 Å². The standard InChI is InChI=1S/C16H21N3O2S/c1-3-11(2)7-17-16(20)19-8-12(9-19)21-13-5-4-6-14-15(13)18-10-22-14/h4-6,10-12H,3,7-9H2,1-2H3,(H,17,20). The minimum absolute atomic E-state index is 0.00650. The van der Waals surface area contributed by atoms with Gasteiger partial charge in [-0.2, -0.15) is 0 Å². The van der Waals surface area contributed by atoms with Crippen molar-refractivity contribution < 1.29 is 9.53 Å². The van der Waals surface area contributed by atoms with Gasteiger partial charge in [0.05, 0.1) is 23.3 Å². The monoisotopic (exact) mass is 319 g/mol. The van der Waals surface area contributed by atoms with Gasteiger partial charge in [-0.3, -0.25) is 0 Å². The van der Waals surface area contributed by atoms with Crippen molar-refractivity contribution in [3.63, 3.8) is 0 Å². The smallest absolute Gasteiger partial charge is 0.317 e. The second-order valence-corrected chi connectivity index (χ2v) is 6.69. The number of fused-ring (bicyclic) bond motifs is 1. The molecule has 0 aliphatic carbocycles. The van der Waals surface area contributed by atoms with Crippen LogP contribution in [0.1, 0.15) is 20.3 Å². The molecule has 6 heteroatoms. The van der Waals surface area contributed by atoms with E-state index in [4.69, 9.17) is 4.74 Å². The van der Waals surface area contributed by atoms with Crippen LogP contribution in [0.3, 0.4) is 0 Å². The van der Waals surface area contributed by atoms with E-state index in [1.54, 1.807) is 16.2 Å². The summed E-state index contributed by atoms with van der Waals surface area (Å²) >= 11 is 1.61. The van der Waals surface area contributed by atoms with Crippen molar-refractivity contribution in [3.8, 4) is 5.75 Å². The van der Waals surface area contributed by atoms with Crippen molar-refractivity contribution in [2.75, 3.05) is 19.6 Å². The van der Waals surface area contributed by atoms with Gasteiger partial charge < -0.3 is 15.0 Å². The zero-order valence-electron chi connectivity index (χ0n) is 12.9. The van der Waals surface area contributed by atoms with E-state index in [1.807, 2.05) is 23.7 Å². The van der Waals surface area contributed by atoms with Gasteiger partial charge in [-0.15, -0.1) is 11.3 Å². The van der Waals surface area contributed by atoms with Gasteiger partial charge in [0.15, 0.2) is 0 Å². The Bertz CT molecular complexity index is 652. The third kappa shape index (κ3) is 3.16. The molecule has 5 nitrogen and oxygen atoms in total. The van der Waals surface area contributed by atoms with Gasteiger partial charge in [-0.1, -0.05) is 26.3 Å². The highest BCUT2D eigenvalue weighted by Gasteiger charge is 2.32. The van der Waals surface area contributed by atoms with Crippen molar-refractivity contribution >= 4 is 27.6 Å². The number of nitrogens with one attached hydrogen (secondary N) is 1. The van der Waals surface area contributed by atoms with Crippen LogP contribution in [0.15, 0.2) is 23.7 Å². The molecule has 0 spiro atoms. The maximum atomic E-state index is 12.0. The Labute approximate surface area is 134 Å². The summed E-state index contributed by atoms with van der Waals surface area (Å²) in [5.74, 6) is 1.32. The van der Waals surface area contributed by atoms with E-state index in [0.717, 1.165) is 28.9 Å². The van der Waals surface area contributed by atoms with Gasteiger partial charge in [-0.25, -0.2) is 9.78 Å². The van der Waals surface area contributed by atoms with E-state index in [1.165, 1.54) is 0 Å². The fourth-order valence-electron chi connectivity index (χ4n) is 2.33. The summed E-state index contributed by atoms with van der Waals surface area (Å²) in [5.41, 5.74) is 2.74. The number of aromatic nitrogens is 1. The molecular weight excluding hydrogens is 298 g/mol. The molecule has 1 saturated heterocycles. The molecular formula is C16H21N3O2S. The molecule has 22 heavy (non-hydrogen) atoms. The van der Waals surface area contributed by atoms with Gasteiger partial charge in [0.2, 0.25) is 0 Å². The third-order valence-electron chi connectivity index (χ3n) is 4.05. The van der Waals surface area contributed by atoms with Gasteiger partial charge in [0.1, 0.15) is 17.4 Å². The van der Waals surface area contributed by atoms with Crippen molar-refractivity contribution in [2.45, 2.75) is 26.4 Å². The summed E-state index contributed by atoms with van der Waals surface area (Å²) in [6, 6.07) is 5.96. The highest BCUT2D eigenvalue weighted by Crippen LogP contribution is 2.29. The summed E-state index contributed by atoms with van der Waals surface area (Å²) < 4.78 is 7.10. The quantitative estimate of drug-likeness (QED) is 0.921. The number of urea groups is 1. The number of hydrogen-bond donors (Lipinski definition) is 1. The van der Waals surface area contributed by atoms with Gasteiger partial charge in [0.25, 0.3) is 0 Å². The average Bonchev–Trinajstić information content (AvgIpc) is 2.96. The molecule has 0 bridgehead atoms. The van der Waals surface area contributed by atoms with Crippen LogP contribution >= 0.6 is 11.3 Å². The summed E-state index contributed by atoms with van der Waals surface area (Å²) in [5, 5.41) is 2.97. The predicted molar refractivity (Wildman–Crippen MR) is 88.5 cm³/mol. The van der Waals surface area contributed by atoms with Crippen LogP contribution in [0.5, 0.6) is 5.75 Å².